The van der Waals surface area contributed by atoms with Crippen LogP contribution in [0.2, 0.25) is 0 Å². The molecule has 0 N–H and O–H groups in total. The van der Waals surface area contributed by atoms with Crippen LogP contribution in [-0.2, 0) is 31.1 Å². The summed E-state index contributed by atoms with van der Waals surface area (Å²) in [5, 5.41) is -0.153. The van der Waals surface area contributed by atoms with Gasteiger partial charge in [-0.2, -0.15) is 0 Å². The van der Waals surface area contributed by atoms with Crippen LogP contribution in [0, 0.1) is 5.92 Å². The van der Waals surface area contributed by atoms with Gasteiger partial charge >= 0.3 is 10.8 Å². The van der Waals surface area contributed by atoms with E-state index in [1.807, 2.05) is 30.3 Å². The standard InChI is InChI=1S/C28H28N2O5S2/c1-5-35-19(31)15-29-26-23(37-27(29)34)20(16-11-13-17(14-12-16)28(2,3)4)21-22(36-26)25(33)30(24(21)32)18-9-7-6-8-10-18/h6-14,20-22H,5,15H2,1-4H3. The molecular formula is C28H28N2O5S2. The van der Waals surface area contributed by atoms with Gasteiger partial charge in [0.05, 0.1) is 23.2 Å². The largest absolute Gasteiger partial charge is 0.465 e. The van der Waals surface area contributed by atoms with E-state index in [9.17, 15) is 19.2 Å². The average molecular weight is 537 g/mol. The SMILES string of the molecule is CCOC(=O)Cn1c2c(sc1=O)C(c1ccc(C(C)(C)C)cc1)C1C(=O)N(c3ccccc3)C(=O)C1S2. The molecule has 0 saturated carbocycles. The van der Waals surface area contributed by atoms with E-state index in [-0.39, 0.29) is 35.3 Å². The number of anilines is 1. The number of carbonyl (C=O) groups is 3. The molecule has 2 aliphatic heterocycles. The summed E-state index contributed by atoms with van der Waals surface area (Å²) in [6, 6.07) is 17.0. The monoisotopic (exact) mass is 536 g/mol. The van der Waals surface area contributed by atoms with Crippen molar-refractivity contribution in [2.24, 2.45) is 5.92 Å². The van der Waals surface area contributed by atoms with Gasteiger partial charge in [-0.25, -0.2) is 4.90 Å². The number of ether oxygens (including phenoxy) is 1. The van der Waals surface area contributed by atoms with Crippen LogP contribution in [0.25, 0.3) is 0 Å². The second-order valence-corrected chi connectivity index (χ2v) is 12.3. The third kappa shape index (κ3) is 4.44. The molecule has 37 heavy (non-hydrogen) atoms. The number of esters is 1. The van der Waals surface area contributed by atoms with Gasteiger partial charge in [-0.3, -0.25) is 23.7 Å². The molecule has 3 heterocycles. The zero-order valence-corrected chi connectivity index (χ0v) is 22.7. The van der Waals surface area contributed by atoms with E-state index in [4.69, 9.17) is 4.74 Å². The highest BCUT2D eigenvalue weighted by Crippen LogP contribution is 2.54. The predicted molar refractivity (Wildman–Crippen MR) is 144 cm³/mol. The van der Waals surface area contributed by atoms with Gasteiger partial charge in [-0.05, 0) is 35.6 Å². The summed E-state index contributed by atoms with van der Waals surface area (Å²) in [5.41, 5.74) is 2.49. The minimum Gasteiger partial charge on any atom is -0.465 e. The minimum atomic E-state index is -0.713. The third-order valence-corrected chi connectivity index (χ3v) is 9.40. The minimum absolute atomic E-state index is 0.0499. The molecule has 0 aliphatic carbocycles. The van der Waals surface area contributed by atoms with Crippen molar-refractivity contribution in [2.75, 3.05) is 11.5 Å². The third-order valence-electron chi connectivity index (χ3n) is 6.79. The van der Waals surface area contributed by atoms with E-state index in [1.54, 1.807) is 31.2 Å². The molecule has 1 saturated heterocycles. The van der Waals surface area contributed by atoms with Crippen molar-refractivity contribution in [3.05, 3.63) is 80.3 Å². The Morgan fingerprint density at radius 3 is 2.27 bits per heavy atom. The average Bonchev–Trinajstić information content (AvgIpc) is 3.30. The molecule has 3 atom stereocenters. The summed E-state index contributed by atoms with van der Waals surface area (Å²) >= 11 is 2.24. The lowest BCUT2D eigenvalue weighted by Gasteiger charge is -2.31. The van der Waals surface area contributed by atoms with Crippen molar-refractivity contribution < 1.29 is 19.1 Å². The van der Waals surface area contributed by atoms with Gasteiger partial charge in [-0.15, -0.1) is 0 Å². The molecule has 5 rings (SSSR count). The summed E-state index contributed by atoms with van der Waals surface area (Å²) < 4.78 is 6.47. The lowest BCUT2D eigenvalue weighted by atomic mass is 9.81. The molecule has 9 heteroatoms. The zero-order valence-electron chi connectivity index (χ0n) is 21.1. The molecule has 1 fully saturated rings. The predicted octanol–water partition coefficient (Wildman–Crippen LogP) is 4.57. The van der Waals surface area contributed by atoms with Crippen molar-refractivity contribution >= 4 is 46.6 Å². The summed E-state index contributed by atoms with van der Waals surface area (Å²) in [7, 11) is 0. The number of hydrogen-bond donors (Lipinski definition) is 0. The van der Waals surface area contributed by atoms with Gasteiger partial charge < -0.3 is 4.74 Å². The fourth-order valence-corrected chi connectivity index (χ4v) is 7.75. The van der Waals surface area contributed by atoms with Gasteiger partial charge in [0.15, 0.2) is 0 Å². The Balaban J connectivity index is 1.64. The van der Waals surface area contributed by atoms with Crippen LogP contribution in [0.1, 0.15) is 49.6 Å². The van der Waals surface area contributed by atoms with Crippen molar-refractivity contribution in [1.29, 1.82) is 0 Å². The number of hydrogen-bond acceptors (Lipinski definition) is 7. The molecule has 1 aromatic heterocycles. The maximum Gasteiger partial charge on any atom is 0.326 e. The number of para-hydroxylation sites is 1. The van der Waals surface area contributed by atoms with E-state index in [1.165, 1.54) is 21.2 Å². The number of nitrogens with zero attached hydrogens (tertiary/aromatic N) is 2. The molecule has 3 unspecified atom stereocenters. The van der Waals surface area contributed by atoms with E-state index in [0.29, 0.717) is 15.6 Å². The Kier molecular flexibility index (Phi) is 6.62. The Morgan fingerprint density at radius 2 is 1.65 bits per heavy atom. The first-order valence-corrected chi connectivity index (χ1v) is 13.9. The van der Waals surface area contributed by atoms with Crippen LogP contribution in [0.5, 0.6) is 0 Å². The molecule has 3 aromatic rings. The molecule has 2 aromatic carbocycles. The Hall–Kier alpha value is -3.17. The Labute approximate surface area is 223 Å². The number of aromatic nitrogens is 1. The zero-order chi connectivity index (χ0) is 26.5. The first kappa shape index (κ1) is 25.5. The lowest BCUT2D eigenvalue weighted by Crippen LogP contribution is -2.32. The molecule has 0 bridgehead atoms. The molecular weight excluding hydrogens is 508 g/mol. The van der Waals surface area contributed by atoms with Crippen molar-refractivity contribution in [3.63, 3.8) is 0 Å². The van der Waals surface area contributed by atoms with Crippen molar-refractivity contribution in [1.82, 2.24) is 4.57 Å². The Bertz CT molecular complexity index is 1420. The number of amides is 2. The van der Waals surface area contributed by atoms with Crippen molar-refractivity contribution in [3.8, 4) is 0 Å². The smallest absolute Gasteiger partial charge is 0.326 e. The Morgan fingerprint density at radius 1 is 0.973 bits per heavy atom. The number of benzene rings is 2. The highest BCUT2D eigenvalue weighted by Gasteiger charge is 2.56. The van der Waals surface area contributed by atoms with Gasteiger partial charge in [0.2, 0.25) is 11.8 Å². The number of carbonyl (C=O) groups excluding carboxylic acids is 3. The van der Waals surface area contributed by atoms with Crippen LogP contribution in [-0.4, -0.2) is 34.2 Å². The van der Waals surface area contributed by atoms with Crippen molar-refractivity contribution in [2.45, 2.75) is 55.8 Å². The van der Waals surface area contributed by atoms with E-state index >= 15 is 0 Å². The topological polar surface area (TPSA) is 85.7 Å². The van der Waals surface area contributed by atoms with Gasteiger partial charge in [0, 0.05) is 10.8 Å². The maximum atomic E-state index is 13.9. The fraction of sp³-hybridized carbons (Fsp3) is 0.357. The number of thiazole rings is 1. The van der Waals surface area contributed by atoms with Crippen LogP contribution in [0.3, 0.4) is 0 Å². The molecule has 7 nitrogen and oxygen atoms in total. The van der Waals surface area contributed by atoms with E-state index < -0.39 is 23.1 Å². The molecule has 0 radical (unpaired) electrons. The molecule has 0 spiro atoms. The highest BCUT2D eigenvalue weighted by molar-refractivity contribution is 8.00. The quantitative estimate of drug-likeness (QED) is 0.351. The molecule has 2 aliphatic rings. The second kappa shape index (κ2) is 9.61. The van der Waals surface area contributed by atoms with Crippen LogP contribution < -0.4 is 9.77 Å². The number of rotatable bonds is 5. The molecule has 192 valence electrons. The number of imide groups is 1. The number of fused-ring (bicyclic) bond motifs is 2. The van der Waals surface area contributed by atoms with E-state index in [2.05, 4.69) is 20.8 Å². The van der Waals surface area contributed by atoms with Gasteiger partial charge in [0.25, 0.3) is 0 Å². The summed E-state index contributed by atoms with van der Waals surface area (Å²) in [6.45, 7) is 8.08. The van der Waals surface area contributed by atoms with Gasteiger partial charge in [-0.1, -0.05) is 86.3 Å². The highest BCUT2D eigenvalue weighted by atomic mass is 32.2. The second-order valence-electron chi connectivity index (χ2n) is 10.2. The number of thioether (sulfide) groups is 1. The summed E-state index contributed by atoms with van der Waals surface area (Å²) in [6.07, 6.45) is 0. The fourth-order valence-electron chi connectivity index (χ4n) is 4.97. The van der Waals surface area contributed by atoms with Gasteiger partial charge in [0.1, 0.15) is 11.8 Å². The first-order chi connectivity index (χ1) is 17.6. The van der Waals surface area contributed by atoms with E-state index in [0.717, 1.165) is 22.5 Å². The van der Waals surface area contributed by atoms with Crippen LogP contribution in [0.4, 0.5) is 5.69 Å². The normalized spacial score (nSPS) is 21.1. The maximum absolute atomic E-state index is 13.9. The summed E-state index contributed by atoms with van der Waals surface area (Å²) in [4.78, 5) is 54.6. The van der Waals surface area contributed by atoms with Crippen LogP contribution in [0.15, 0.2) is 64.4 Å². The lowest BCUT2D eigenvalue weighted by molar-refractivity contribution is -0.144. The summed E-state index contributed by atoms with van der Waals surface area (Å²) in [5.74, 6) is -2.25. The molecule has 2 amide bonds. The first-order valence-electron chi connectivity index (χ1n) is 12.2. The van der Waals surface area contributed by atoms with Crippen LogP contribution >= 0.6 is 23.1 Å².